The summed E-state index contributed by atoms with van der Waals surface area (Å²) < 4.78 is 45.5. The van der Waals surface area contributed by atoms with Crippen LogP contribution in [0.25, 0.3) is 11.4 Å². The molecule has 0 bridgehead atoms. The Labute approximate surface area is 211 Å². The molecule has 1 aliphatic rings. The van der Waals surface area contributed by atoms with Crippen molar-refractivity contribution in [3.05, 3.63) is 48.3 Å². The van der Waals surface area contributed by atoms with Crippen molar-refractivity contribution in [3.8, 4) is 11.4 Å². The normalized spacial score (nSPS) is 18.5. The molecule has 3 aromatic rings. The Morgan fingerprint density at radius 3 is 2.61 bits per heavy atom. The zero-order valence-electron chi connectivity index (χ0n) is 20.9. The van der Waals surface area contributed by atoms with Crippen LogP contribution in [0.5, 0.6) is 0 Å². The Kier molecular flexibility index (Phi) is 8.32. The lowest BCUT2D eigenvalue weighted by Crippen LogP contribution is -2.29. The smallest absolute Gasteiger partial charge is 0.227 e. The molecule has 4 rings (SSSR count). The van der Waals surface area contributed by atoms with Gasteiger partial charge in [0, 0.05) is 24.8 Å². The molecule has 3 heterocycles. The fourth-order valence-corrected chi connectivity index (χ4v) is 5.59. The number of anilines is 2. The van der Waals surface area contributed by atoms with Crippen molar-refractivity contribution in [2.75, 3.05) is 37.3 Å². The summed E-state index contributed by atoms with van der Waals surface area (Å²) in [6.45, 7) is 8.84. The Balaban J connectivity index is 1.46. The molecule has 0 saturated carbocycles. The number of H-pyrrole nitrogens is 1. The number of imidazole rings is 1. The van der Waals surface area contributed by atoms with Crippen molar-refractivity contribution in [3.63, 3.8) is 0 Å². The highest BCUT2D eigenvalue weighted by Gasteiger charge is 2.24. The first-order valence-electron chi connectivity index (χ1n) is 12.3. The third-order valence-electron chi connectivity index (χ3n) is 6.51. The first-order chi connectivity index (χ1) is 17.3. The van der Waals surface area contributed by atoms with Gasteiger partial charge in [0.1, 0.15) is 11.5 Å². The van der Waals surface area contributed by atoms with Gasteiger partial charge in [-0.3, -0.25) is 0 Å². The van der Waals surface area contributed by atoms with Crippen LogP contribution < -0.4 is 5.32 Å². The summed E-state index contributed by atoms with van der Waals surface area (Å²) in [4.78, 5) is 18.4. The first kappa shape index (κ1) is 26.2. The molecule has 2 aromatic heterocycles. The van der Waals surface area contributed by atoms with Crippen LogP contribution in [-0.4, -0.2) is 71.4 Å². The van der Waals surface area contributed by atoms with Crippen LogP contribution in [0.3, 0.4) is 0 Å². The van der Waals surface area contributed by atoms with Gasteiger partial charge in [0.05, 0.1) is 34.8 Å². The summed E-state index contributed by atoms with van der Waals surface area (Å²) in [6, 6.07) is 6.41. The zero-order valence-corrected chi connectivity index (χ0v) is 21.7. The summed E-state index contributed by atoms with van der Waals surface area (Å²) in [6.07, 6.45) is 4.56. The molecule has 9 nitrogen and oxygen atoms in total. The molecule has 0 aliphatic carbocycles. The molecule has 1 aromatic carbocycles. The molecule has 2 unspecified atom stereocenters. The molecule has 0 amide bonds. The van der Waals surface area contributed by atoms with E-state index in [0.717, 1.165) is 38.0 Å². The fourth-order valence-electron chi connectivity index (χ4n) is 4.31. The van der Waals surface area contributed by atoms with Crippen molar-refractivity contribution in [1.82, 2.24) is 24.8 Å². The Morgan fingerprint density at radius 2 is 1.92 bits per heavy atom. The predicted molar refractivity (Wildman–Crippen MR) is 137 cm³/mol. The lowest BCUT2D eigenvalue weighted by molar-refractivity contribution is 0.0174. The lowest BCUT2D eigenvalue weighted by atomic mass is 9.96. The number of sulfone groups is 1. The highest BCUT2D eigenvalue weighted by Crippen LogP contribution is 2.30. The van der Waals surface area contributed by atoms with Gasteiger partial charge in [-0.25, -0.2) is 27.8 Å². The SMILES string of the molecule is CCN(CC)CCS(=O)(=O)c1ccc(Nc2ncc(F)c(-c3cnc(C4CCOC(C)C4)[nH]3)n2)cc1. The molecule has 1 fully saturated rings. The number of aromatic nitrogens is 4. The number of ether oxygens (including phenoxy) is 1. The van der Waals surface area contributed by atoms with Crippen molar-refractivity contribution in [2.24, 2.45) is 0 Å². The molecule has 36 heavy (non-hydrogen) atoms. The standard InChI is InChI=1S/C25H33FN6O3S/c1-4-32(5-2)11-13-36(33,34)20-8-6-19(7-9-20)29-25-28-15-21(26)23(31-25)22-16-27-24(30-22)18-10-12-35-17(3)14-18/h6-9,15-18H,4-5,10-14H2,1-3H3,(H,27,30)(H,28,29,31). The van der Waals surface area contributed by atoms with Crippen molar-refractivity contribution < 1.29 is 17.5 Å². The minimum Gasteiger partial charge on any atom is -0.378 e. The highest BCUT2D eigenvalue weighted by molar-refractivity contribution is 7.91. The van der Waals surface area contributed by atoms with Gasteiger partial charge in [-0.2, -0.15) is 0 Å². The zero-order chi connectivity index (χ0) is 25.7. The second-order valence-corrected chi connectivity index (χ2v) is 11.1. The monoisotopic (exact) mass is 516 g/mol. The van der Waals surface area contributed by atoms with E-state index in [1.807, 2.05) is 20.8 Å². The van der Waals surface area contributed by atoms with Crippen LogP contribution >= 0.6 is 0 Å². The summed E-state index contributed by atoms with van der Waals surface area (Å²) in [5.74, 6) is 0.715. The Morgan fingerprint density at radius 1 is 1.17 bits per heavy atom. The van der Waals surface area contributed by atoms with Crippen molar-refractivity contribution in [2.45, 2.75) is 50.5 Å². The summed E-state index contributed by atoms with van der Waals surface area (Å²) >= 11 is 0. The molecular weight excluding hydrogens is 483 g/mol. The van der Waals surface area contributed by atoms with Crippen molar-refractivity contribution in [1.29, 1.82) is 0 Å². The summed E-state index contributed by atoms with van der Waals surface area (Å²) in [5.41, 5.74) is 1.18. The third kappa shape index (κ3) is 6.26. The largest absolute Gasteiger partial charge is 0.378 e. The molecule has 0 radical (unpaired) electrons. The molecule has 1 saturated heterocycles. The Bertz CT molecular complexity index is 1260. The van der Waals surface area contributed by atoms with Crippen LogP contribution in [0, 0.1) is 5.82 Å². The van der Waals surface area contributed by atoms with Gasteiger partial charge in [-0.15, -0.1) is 0 Å². The predicted octanol–water partition coefficient (Wildman–Crippen LogP) is 4.15. The van der Waals surface area contributed by atoms with Crippen LogP contribution in [0.4, 0.5) is 16.0 Å². The molecule has 2 N–H and O–H groups in total. The fraction of sp³-hybridized carbons (Fsp3) is 0.480. The second kappa shape index (κ2) is 11.4. The first-order valence-corrected chi connectivity index (χ1v) is 14.0. The second-order valence-electron chi connectivity index (χ2n) is 8.97. The molecule has 1 aliphatic heterocycles. The van der Waals surface area contributed by atoms with E-state index in [9.17, 15) is 12.8 Å². The average molecular weight is 517 g/mol. The maximum atomic E-state index is 14.6. The van der Waals surface area contributed by atoms with E-state index >= 15 is 0 Å². The number of halogens is 1. The van der Waals surface area contributed by atoms with Crippen LogP contribution in [0.15, 0.2) is 41.6 Å². The van der Waals surface area contributed by atoms with E-state index in [2.05, 4.69) is 30.2 Å². The maximum absolute atomic E-state index is 14.6. The maximum Gasteiger partial charge on any atom is 0.227 e. The van der Waals surface area contributed by atoms with Crippen LogP contribution in [0.2, 0.25) is 0 Å². The van der Waals surface area contributed by atoms with Gasteiger partial charge in [-0.05, 0) is 57.1 Å². The van der Waals surface area contributed by atoms with Gasteiger partial charge < -0.3 is 19.9 Å². The third-order valence-corrected chi connectivity index (χ3v) is 8.22. The summed E-state index contributed by atoms with van der Waals surface area (Å²) in [5, 5.41) is 3.02. The number of benzene rings is 1. The topological polar surface area (TPSA) is 113 Å². The van der Waals surface area contributed by atoms with E-state index in [1.165, 1.54) is 0 Å². The van der Waals surface area contributed by atoms with E-state index in [4.69, 9.17) is 4.74 Å². The average Bonchev–Trinajstić information content (AvgIpc) is 3.36. The number of nitrogens with one attached hydrogen (secondary N) is 2. The van der Waals surface area contributed by atoms with Gasteiger partial charge in [0.2, 0.25) is 5.95 Å². The lowest BCUT2D eigenvalue weighted by Gasteiger charge is -2.25. The number of hydrogen-bond acceptors (Lipinski definition) is 8. The van der Waals surface area contributed by atoms with Crippen LogP contribution in [-0.2, 0) is 14.6 Å². The Hall–Kier alpha value is -2.89. The van der Waals surface area contributed by atoms with Crippen LogP contribution in [0.1, 0.15) is 45.4 Å². The van der Waals surface area contributed by atoms with E-state index in [1.54, 1.807) is 30.5 Å². The van der Waals surface area contributed by atoms with Gasteiger partial charge >= 0.3 is 0 Å². The van der Waals surface area contributed by atoms with Crippen molar-refractivity contribution >= 4 is 21.5 Å². The van der Waals surface area contributed by atoms with Gasteiger partial charge in [0.25, 0.3) is 0 Å². The number of hydrogen-bond donors (Lipinski definition) is 2. The molecule has 11 heteroatoms. The van der Waals surface area contributed by atoms with E-state index < -0.39 is 15.7 Å². The number of nitrogens with zero attached hydrogens (tertiary/aromatic N) is 4. The highest BCUT2D eigenvalue weighted by atomic mass is 32.2. The van der Waals surface area contributed by atoms with E-state index in [-0.39, 0.29) is 34.3 Å². The number of rotatable bonds is 10. The quantitative estimate of drug-likeness (QED) is 0.413. The molecular formula is C25H33FN6O3S. The van der Waals surface area contributed by atoms with E-state index in [0.29, 0.717) is 24.5 Å². The minimum atomic E-state index is -3.39. The molecule has 0 spiro atoms. The summed E-state index contributed by atoms with van der Waals surface area (Å²) in [7, 11) is -3.39. The van der Waals surface area contributed by atoms with Gasteiger partial charge in [-0.1, -0.05) is 13.8 Å². The molecule has 2 atom stereocenters. The minimum absolute atomic E-state index is 0.0604. The molecule has 194 valence electrons. The number of aromatic amines is 1. The van der Waals surface area contributed by atoms with Gasteiger partial charge in [0.15, 0.2) is 15.7 Å².